The average Bonchev–Trinajstić information content (AvgIpc) is 3.05. The molecule has 2 heterocycles. The van der Waals surface area contributed by atoms with E-state index >= 15 is 4.39 Å². The third-order valence-corrected chi connectivity index (χ3v) is 9.36. The molecule has 1 aliphatic rings. The van der Waals surface area contributed by atoms with E-state index in [0.717, 1.165) is 4.57 Å². The van der Waals surface area contributed by atoms with E-state index in [1.54, 1.807) is 13.3 Å². The smallest absolute Gasteiger partial charge is 0.330 e. The van der Waals surface area contributed by atoms with Crippen molar-refractivity contribution in [2.45, 2.75) is 78.2 Å². The first-order valence-corrected chi connectivity index (χ1v) is 16.0. The summed E-state index contributed by atoms with van der Waals surface area (Å²) >= 11 is 0. The first-order valence-electron chi connectivity index (χ1n) is 12.0. The van der Waals surface area contributed by atoms with E-state index in [2.05, 4.69) is 9.83 Å². The molecule has 1 N–H and O–H groups in total. The van der Waals surface area contributed by atoms with Crippen molar-refractivity contribution in [1.29, 1.82) is 0 Å². The molecule has 36 heavy (non-hydrogen) atoms. The van der Waals surface area contributed by atoms with Crippen LogP contribution in [0.15, 0.2) is 15.8 Å². The van der Waals surface area contributed by atoms with Crippen LogP contribution in [-0.2, 0) is 18.3 Å². The Morgan fingerprint density at radius 3 is 2.42 bits per heavy atom. The fraction of sp³-hybridized carbons (Fsp3) is 0.783. The number of H-pyrrole nitrogens is 1. The maximum atomic E-state index is 16.1. The van der Waals surface area contributed by atoms with Gasteiger partial charge in [0, 0.05) is 30.0 Å². The molecule has 0 radical (unpaired) electrons. The van der Waals surface area contributed by atoms with Gasteiger partial charge in [-0.1, -0.05) is 6.92 Å². The molecule has 0 bridgehead atoms. The molecule has 0 saturated carbocycles. The third kappa shape index (κ3) is 7.80. The lowest BCUT2D eigenvalue weighted by atomic mass is 10.0. The molecule has 1 aromatic rings. The van der Waals surface area contributed by atoms with Gasteiger partial charge in [-0.2, -0.15) is 0 Å². The van der Waals surface area contributed by atoms with Gasteiger partial charge in [0.05, 0.1) is 13.2 Å². The maximum Gasteiger partial charge on any atom is 0.330 e. The van der Waals surface area contributed by atoms with Gasteiger partial charge < -0.3 is 23.2 Å². The monoisotopic (exact) mass is 548 g/mol. The van der Waals surface area contributed by atoms with Gasteiger partial charge in [0.25, 0.3) is 14.1 Å². The number of alkyl halides is 1. The lowest BCUT2D eigenvalue weighted by molar-refractivity contribution is -0.0450. The molecule has 2 rings (SSSR count). The second-order valence-corrected chi connectivity index (χ2v) is 15.2. The normalized spacial score (nSPS) is 24.4. The highest BCUT2D eigenvalue weighted by Crippen LogP contribution is 2.52. The number of nitrogens with one attached hydrogen (secondary N) is 1. The Labute approximate surface area is 213 Å². The van der Waals surface area contributed by atoms with Gasteiger partial charge in [0.1, 0.15) is 12.7 Å². The van der Waals surface area contributed by atoms with Crippen molar-refractivity contribution in [3.8, 4) is 0 Å². The van der Waals surface area contributed by atoms with E-state index in [-0.39, 0.29) is 36.7 Å². The molecule has 0 spiro atoms. The molecule has 1 saturated heterocycles. The molecule has 13 heteroatoms. The summed E-state index contributed by atoms with van der Waals surface area (Å²) in [6.45, 7) is 21.9. The first kappa shape index (κ1) is 30.8. The summed E-state index contributed by atoms with van der Waals surface area (Å²) in [5.41, 5.74) is -1.11. The molecule has 1 unspecified atom stereocenters. The van der Waals surface area contributed by atoms with Crippen LogP contribution >= 0.6 is 15.7 Å². The van der Waals surface area contributed by atoms with E-state index in [9.17, 15) is 14.2 Å². The average molecular weight is 549 g/mol. The zero-order valence-corrected chi connectivity index (χ0v) is 24.1. The van der Waals surface area contributed by atoms with Crippen molar-refractivity contribution < 1.29 is 22.7 Å². The number of aromatic amines is 1. The van der Waals surface area contributed by atoms with Crippen molar-refractivity contribution in [3.05, 3.63) is 44.0 Å². The second-order valence-electron chi connectivity index (χ2n) is 10.2. The molecule has 0 aromatic carbocycles. The van der Waals surface area contributed by atoms with Crippen LogP contribution in [0.5, 0.6) is 0 Å². The van der Waals surface area contributed by atoms with Crippen LogP contribution in [0.25, 0.3) is 4.85 Å². The number of rotatable bonds is 12. The SMILES string of the molecule is [C-]#[N+]CCOP(O[C@H]1[C@@H](F)[C@H](n2cc(C)c(=O)[nH]c2=O)O[C@@H]1[C@@H](C)CP(C)(C)=O)N(C(C)C)C(C)C. The van der Waals surface area contributed by atoms with E-state index < -0.39 is 51.5 Å². The highest BCUT2D eigenvalue weighted by Gasteiger charge is 2.51. The number of nitrogens with zero attached hydrogens (tertiary/aromatic N) is 3. The van der Waals surface area contributed by atoms with Crippen LogP contribution < -0.4 is 11.2 Å². The molecular formula is C23H39FN4O6P2. The van der Waals surface area contributed by atoms with Gasteiger partial charge in [0.15, 0.2) is 12.4 Å². The third-order valence-electron chi connectivity index (χ3n) is 5.78. The summed E-state index contributed by atoms with van der Waals surface area (Å²) in [5.74, 6) is -0.356. The minimum absolute atomic E-state index is 0.00655. The summed E-state index contributed by atoms with van der Waals surface area (Å²) < 4.78 is 50.1. The Morgan fingerprint density at radius 2 is 1.89 bits per heavy atom. The summed E-state index contributed by atoms with van der Waals surface area (Å²) in [7, 11) is -4.27. The fourth-order valence-electron chi connectivity index (χ4n) is 4.42. The quantitative estimate of drug-likeness (QED) is 0.239. The number of aryl methyl sites for hydroxylation is 1. The number of aromatic nitrogens is 2. The van der Waals surface area contributed by atoms with Crippen LogP contribution in [0.3, 0.4) is 0 Å². The van der Waals surface area contributed by atoms with Crippen molar-refractivity contribution in [2.75, 3.05) is 32.6 Å². The molecular weight excluding hydrogens is 509 g/mol. The lowest BCUT2D eigenvalue weighted by Crippen LogP contribution is -2.40. The largest absolute Gasteiger partial charge is 0.348 e. The fourth-order valence-corrected chi connectivity index (χ4v) is 7.75. The zero-order valence-electron chi connectivity index (χ0n) is 22.3. The van der Waals surface area contributed by atoms with Crippen LogP contribution in [0, 0.1) is 19.4 Å². The molecule has 6 atom stereocenters. The van der Waals surface area contributed by atoms with Crippen LogP contribution in [0.1, 0.15) is 46.4 Å². The Morgan fingerprint density at radius 1 is 1.28 bits per heavy atom. The van der Waals surface area contributed by atoms with Crippen molar-refractivity contribution in [3.63, 3.8) is 0 Å². The Hall–Kier alpha value is -1.40. The number of hydrogen-bond donors (Lipinski definition) is 1. The second kappa shape index (κ2) is 12.9. The van der Waals surface area contributed by atoms with E-state index in [4.69, 9.17) is 20.4 Å². The Balaban J connectivity index is 2.50. The van der Waals surface area contributed by atoms with Crippen molar-refractivity contribution in [2.24, 2.45) is 5.92 Å². The number of hydrogen-bond acceptors (Lipinski definition) is 7. The Bertz CT molecular complexity index is 1070. The Kier molecular flexibility index (Phi) is 11.0. The summed E-state index contributed by atoms with van der Waals surface area (Å²) in [6.07, 6.45) is -3.50. The molecule has 204 valence electrons. The predicted octanol–water partition coefficient (Wildman–Crippen LogP) is 4.01. The van der Waals surface area contributed by atoms with E-state index in [0.29, 0.717) is 6.16 Å². The van der Waals surface area contributed by atoms with Crippen molar-refractivity contribution >= 4 is 15.7 Å². The highest BCUT2D eigenvalue weighted by molar-refractivity contribution is 7.62. The standard InChI is InChI=1S/C23H39FN4O6P2/c1-14(2)28(15(3)4)35(32-11-10-25-7)34-20-18(24)22(27-12-16(5)21(29)26-23(27)30)33-19(20)17(6)13-36(8,9)31/h12,14-15,17-20,22H,10-11,13H2,1-6,8-9H3,(H,26,29,30)/t17-,18+,19+,20-,22+,35?/m0/s1. The van der Waals surface area contributed by atoms with Gasteiger partial charge in [-0.25, -0.2) is 20.4 Å². The minimum atomic E-state index is -2.49. The summed E-state index contributed by atoms with van der Waals surface area (Å²) in [6, 6.07) is 0.0131. The van der Waals surface area contributed by atoms with Crippen LogP contribution in [0.2, 0.25) is 0 Å². The van der Waals surface area contributed by atoms with E-state index in [1.807, 2.05) is 39.3 Å². The van der Waals surface area contributed by atoms with Gasteiger partial charge in [-0.3, -0.25) is 14.3 Å². The molecule has 1 aliphatic heterocycles. The zero-order chi connectivity index (χ0) is 27.4. The molecule has 1 aromatic heterocycles. The number of halogens is 1. The van der Waals surface area contributed by atoms with Crippen LogP contribution in [0.4, 0.5) is 4.39 Å². The molecule has 0 amide bonds. The van der Waals surface area contributed by atoms with Gasteiger partial charge in [-0.15, -0.1) is 0 Å². The predicted molar refractivity (Wildman–Crippen MR) is 140 cm³/mol. The minimum Gasteiger partial charge on any atom is -0.348 e. The maximum absolute atomic E-state index is 16.1. The molecule has 1 fully saturated rings. The first-order chi connectivity index (χ1) is 16.7. The molecule has 0 aliphatic carbocycles. The van der Waals surface area contributed by atoms with Gasteiger partial charge in [-0.05, 0) is 53.9 Å². The van der Waals surface area contributed by atoms with Gasteiger partial charge in [0.2, 0.25) is 6.54 Å². The summed E-state index contributed by atoms with van der Waals surface area (Å²) in [4.78, 5) is 29.9. The van der Waals surface area contributed by atoms with Gasteiger partial charge >= 0.3 is 5.69 Å². The highest BCUT2D eigenvalue weighted by atomic mass is 31.2. The van der Waals surface area contributed by atoms with Crippen molar-refractivity contribution in [1.82, 2.24) is 14.2 Å². The lowest BCUT2D eigenvalue weighted by Gasteiger charge is -2.38. The van der Waals surface area contributed by atoms with E-state index in [1.165, 1.54) is 13.1 Å². The molecule has 10 nitrogen and oxygen atoms in total. The number of ether oxygens (including phenoxy) is 1. The van der Waals surface area contributed by atoms with Crippen LogP contribution in [-0.4, -0.2) is 77.3 Å². The topological polar surface area (TPSA) is 107 Å². The summed E-state index contributed by atoms with van der Waals surface area (Å²) in [5, 5.41) is 0.